The van der Waals surface area contributed by atoms with E-state index in [4.69, 9.17) is 10.1 Å². The Kier molecular flexibility index (Phi) is 5.29. The Morgan fingerprint density at radius 3 is 2.74 bits per heavy atom. The van der Waals surface area contributed by atoms with Crippen LogP contribution in [0.1, 0.15) is 38.6 Å². The maximum Gasteiger partial charge on any atom is 0.0999 e. The minimum Gasteiger partial charge on any atom is -0.394 e. The molecule has 31 heavy (non-hydrogen) atoms. The van der Waals surface area contributed by atoms with Crippen molar-refractivity contribution in [3.05, 3.63) is 43.2 Å². The van der Waals surface area contributed by atoms with Gasteiger partial charge in [-0.3, -0.25) is 9.36 Å². The molecule has 0 spiro atoms. The van der Waals surface area contributed by atoms with Crippen molar-refractivity contribution in [2.45, 2.75) is 51.3 Å². The van der Waals surface area contributed by atoms with Crippen LogP contribution in [0.3, 0.4) is 0 Å². The third-order valence-electron chi connectivity index (χ3n) is 6.21. The summed E-state index contributed by atoms with van der Waals surface area (Å²) in [5, 5.41) is 32.1. The maximum atomic E-state index is 9.68. The van der Waals surface area contributed by atoms with Gasteiger partial charge in [-0.25, -0.2) is 9.50 Å². The van der Waals surface area contributed by atoms with E-state index >= 15 is 0 Å². The fourth-order valence-electron chi connectivity index (χ4n) is 4.48. The van der Waals surface area contributed by atoms with Crippen molar-refractivity contribution >= 4 is 5.52 Å². The van der Waals surface area contributed by atoms with E-state index in [-0.39, 0.29) is 13.2 Å². The van der Waals surface area contributed by atoms with Gasteiger partial charge in [-0.15, -0.1) is 0 Å². The second-order valence-corrected chi connectivity index (χ2v) is 8.46. The molecule has 0 saturated heterocycles. The largest absolute Gasteiger partial charge is 0.394 e. The SMILES string of the molecule is C[C@@H]1CCCC[C@H]1n1cc(-c2nc(-c3cnn(CC(O)CO)c3)cn3nccc23)cn1. The number of hydrogen-bond donors (Lipinski definition) is 2. The molecule has 162 valence electrons. The monoisotopic (exact) mass is 421 g/mol. The fourth-order valence-corrected chi connectivity index (χ4v) is 4.48. The molecule has 1 aliphatic rings. The quantitative estimate of drug-likeness (QED) is 0.496. The lowest BCUT2D eigenvalue weighted by molar-refractivity contribution is 0.0783. The Bertz CT molecular complexity index is 1180. The van der Waals surface area contributed by atoms with Gasteiger partial charge in [0.05, 0.1) is 67.0 Å². The number of hydrogen-bond acceptors (Lipinski definition) is 6. The van der Waals surface area contributed by atoms with Crippen LogP contribution in [0.25, 0.3) is 28.0 Å². The molecule has 3 atom stereocenters. The Hall–Kier alpha value is -3.04. The first-order valence-corrected chi connectivity index (χ1v) is 10.8. The van der Waals surface area contributed by atoms with Crippen molar-refractivity contribution in [3.63, 3.8) is 0 Å². The molecular weight excluding hydrogens is 394 g/mol. The van der Waals surface area contributed by atoms with E-state index in [1.165, 1.54) is 19.3 Å². The molecule has 4 aromatic heterocycles. The van der Waals surface area contributed by atoms with E-state index in [1.54, 1.807) is 17.1 Å². The molecule has 0 amide bonds. The van der Waals surface area contributed by atoms with Crippen LogP contribution in [-0.4, -0.2) is 57.1 Å². The standard InChI is InChI=1S/C22H27N7O2/c1-15-4-2-3-5-20(15)28-11-17(9-25-28)22-21-6-7-23-29(21)13-19(26-22)16-8-24-27(10-16)12-18(31)14-30/h6-11,13,15,18,20,30-31H,2-5,12,14H2,1H3/t15-,18?,20-/m1/s1. The van der Waals surface area contributed by atoms with Gasteiger partial charge in [-0.05, 0) is 24.8 Å². The van der Waals surface area contributed by atoms with Gasteiger partial charge in [0.15, 0.2) is 0 Å². The second kappa shape index (κ2) is 8.24. The highest BCUT2D eigenvalue weighted by molar-refractivity contribution is 5.78. The molecule has 5 rings (SSSR count). The van der Waals surface area contributed by atoms with Crippen molar-refractivity contribution in [2.75, 3.05) is 6.61 Å². The Labute approximate surface area is 180 Å². The van der Waals surface area contributed by atoms with Crippen LogP contribution in [-0.2, 0) is 6.54 Å². The minimum absolute atomic E-state index is 0.222. The zero-order valence-corrected chi connectivity index (χ0v) is 17.5. The van der Waals surface area contributed by atoms with Crippen LogP contribution >= 0.6 is 0 Å². The highest BCUT2D eigenvalue weighted by Crippen LogP contribution is 2.34. The predicted molar refractivity (Wildman–Crippen MR) is 115 cm³/mol. The summed E-state index contributed by atoms with van der Waals surface area (Å²) < 4.78 is 5.53. The molecule has 0 bridgehead atoms. The van der Waals surface area contributed by atoms with Gasteiger partial charge in [0.25, 0.3) is 0 Å². The molecule has 0 aliphatic heterocycles. The average Bonchev–Trinajstić information content (AvgIpc) is 3.53. The summed E-state index contributed by atoms with van der Waals surface area (Å²) in [6.45, 7) is 2.23. The van der Waals surface area contributed by atoms with E-state index in [9.17, 15) is 5.11 Å². The zero-order chi connectivity index (χ0) is 21.4. The molecule has 9 nitrogen and oxygen atoms in total. The molecule has 9 heteroatoms. The highest BCUT2D eigenvalue weighted by Gasteiger charge is 2.24. The van der Waals surface area contributed by atoms with Gasteiger partial charge in [0.1, 0.15) is 0 Å². The third kappa shape index (κ3) is 3.86. The zero-order valence-electron chi connectivity index (χ0n) is 17.5. The van der Waals surface area contributed by atoms with E-state index < -0.39 is 6.10 Å². The van der Waals surface area contributed by atoms with Crippen molar-refractivity contribution in [2.24, 2.45) is 5.92 Å². The van der Waals surface area contributed by atoms with Gasteiger partial charge < -0.3 is 10.2 Å². The Morgan fingerprint density at radius 2 is 1.90 bits per heavy atom. The molecule has 1 aliphatic carbocycles. The molecule has 0 radical (unpaired) electrons. The molecule has 4 heterocycles. The summed E-state index contributed by atoms with van der Waals surface area (Å²) in [6, 6.07) is 2.39. The van der Waals surface area contributed by atoms with Crippen molar-refractivity contribution < 1.29 is 10.2 Å². The minimum atomic E-state index is -0.849. The summed E-state index contributed by atoms with van der Waals surface area (Å²) in [5.74, 6) is 0.621. The molecule has 1 fully saturated rings. The normalized spacial score (nSPS) is 20.4. The van der Waals surface area contributed by atoms with Crippen LogP contribution in [0.4, 0.5) is 0 Å². The topological polar surface area (TPSA) is 106 Å². The van der Waals surface area contributed by atoms with Crippen LogP contribution in [0, 0.1) is 5.92 Å². The average molecular weight is 422 g/mol. The number of aromatic nitrogens is 7. The smallest absolute Gasteiger partial charge is 0.0999 e. The lowest BCUT2D eigenvalue weighted by Gasteiger charge is -2.28. The number of rotatable bonds is 6. The first kappa shape index (κ1) is 19.9. The van der Waals surface area contributed by atoms with Crippen molar-refractivity contribution in [3.8, 4) is 22.5 Å². The van der Waals surface area contributed by atoms with Crippen LogP contribution in [0.2, 0.25) is 0 Å². The summed E-state index contributed by atoms with van der Waals surface area (Å²) in [7, 11) is 0. The number of aliphatic hydroxyl groups excluding tert-OH is 2. The Balaban J connectivity index is 1.51. The summed E-state index contributed by atoms with van der Waals surface area (Å²) in [4.78, 5) is 4.92. The van der Waals surface area contributed by atoms with Crippen molar-refractivity contribution in [1.82, 2.24) is 34.2 Å². The molecule has 4 aromatic rings. The van der Waals surface area contributed by atoms with Crippen molar-refractivity contribution in [1.29, 1.82) is 0 Å². The first-order chi connectivity index (χ1) is 15.1. The van der Waals surface area contributed by atoms with Crippen LogP contribution < -0.4 is 0 Å². The van der Waals surface area contributed by atoms with Crippen LogP contribution in [0.15, 0.2) is 43.2 Å². The molecule has 2 N–H and O–H groups in total. The number of aliphatic hydroxyl groups is 2. The maximum absolute atomic E-state index is 9.68. The summed E-state index contributed by atoms with van der Waals surface area (Å²) in [5.41, 5.74) is 4.26. The van der Waals surface area contributed by atoms with E-state index in [2.05, 4.69) is 33.1 Å². The van der Waals surface area contributed by atoms with E-state index in [0.717, 1.165) is 34.5 Å². The number of fused-ring (bicyclic) bond motifs is 1. The number of nitrogens with zero attached hydrogens (tertiary/aromatic N) is 7. The predicted octanol–water partition coefficient (Wildman–Crippen LogP) is 2.56. The lowest BCUT2D eigenvalue weighted by atomic mass is 9.86. The summed E-state index contributed by atoms with van der Waals surface area (Å²) >= 11 is 0. The van der Waals surface area contributed by atoms with Gasteiger partial charge in [-0.1, -0.05) is 19.8 Å². The lowest BCUT2D eigenvalue weighted by Crippen LogP contribution is -2.21. The first-order valence-electron chi connectivity index (χ1n) is 10.8. The third-order valence-corrected chi connectivity index (χ3v) is 6.21. The van der Waals surface area contributed by atoms with Gasteiger partial charge in [0, 0.05) is 23.5 Å². The van der Waals surface area contributed by atoms with Gasteiger partial charge >= 0.3 is 0 Å². The van der Waals surface area contributed by atoms with E-state index in [0.29, 0.717) is 12.0 Å². The van der Waals surface area contributed by atoms with Crippen LogP contribution in [0.5, 0.6) is 0 Å². The molecule has 0 aromatic carbocycles. The second-order valence-electron chi connectivity index (χ2n) is 8.46. The molecular formula is C22H27N7O2. The van der Waals surface area contributed by atoms with E-state index in [1.807, 2.05) is 29.2 Å². The fraction of sp³-hybridized carbons (Fsp3) is 0.455. The highest BCUT2D eigenvalue weighted by atomic mass is 16.3. The summed E-state index contributed by atoms with van der Waals surface area (Å²) in [6.07, 6.45) is 15.3. The van der Waals surface area contributed by atoms with Gasteiger partial charge in [0.2, 0.25) is 0 Å². The molecule has 1 saturated carbocycles. The van der Waals surface area contributed by atoms with Gasteiger partial charge in [-0.2, -0.15) is 15.3 Å². The Morgan fingerprint density at radius 1 is 1.06 bits per heavy atom. The molecule has 1 unspecified atom stereocenters.